The molecular formula is C21H28N4O3S2. The lowest BCUT2D eigenvalue weighted by Gasteiger charge is -2.32. The maximum absolute atomic E-state index is 12.9. The lowest BCUT2D eigenvalue weighted by molar-refractivity contribution is -0.119. The van der Waals surface area contributed by atoms with Crippen molar-refractivity contribution in [2.75, 3.05) is 45.1 Å². The van der Waals surface area contributed by atoms with Crippen LogP contribution in [0, 0.1) is 0 Å². The molecule has 2 aliphatic heterocycles. The number of anilines is 1. The van der Waals surface area contributed by atoms with E-state index in [-0.39, 0.29) is 10.1 Å². The highest BCUT2D eigenvalue weighted by Crippen LogP contribution is 2.29. The third-order valence-electron chi connectivity index (χ3n) is 5.76. The summed E-state index contributed by atoms with van der Waals surface area (Å²) in [5.74, 6) is -0.260. The molecule has 1 aromatic heterocycles. The standard InChI is InChI=1S/C21H28N4O3S2/c1-23-10-12-24(13-11-23)16-17-5-2-6-18(15-17)22-21(26)19-7-3-9-25(19)30(27,28)20-8-4-14-29-20/h2,4-6,8,14-15,19H,3,7,9-13,16H2,1H3,(H,22,26). The van der Waals surface area contributed by atoms with E-state index in [1.54, 1.807) is 17.5 Å². The summed E-state index contributed by atoms with van der Waals surface area (Å²) in [6, 6.07) is 10.5. The van der Waals surface area contributed by atoms with Gasteiger partial charge in [0.2, 0.25) is 5.91 Å². The van der Waals surface area contributed by atoms with E-state index in [0.717, 1.165) is 38.3 Å². The third kappa shape index (κ3) is 4.76. The molecule has 3 heterocycles. The average Bonchev–Trinajstić information content (AvgIpc) is 3.43. The highest BCUT2D eigenvalue weighted by molar-refractivity contribution is 7.91. The van der Waals surface area contributed by atoms with E-state index in [2.05, 4.69) is 28.2 Å². The number of piperazine rings is 1. The molecule has 0 bridgehead atoms. The predicted molar refractivity (Wildman–Crippen MR) is 119 cm³/mol. The molecule has 2 aromatic rings. The summed E-state index contributed by atoms with van der Waals surface area (Å²) in [5, 5.41) is 4.69. The zero-order valence-electron chi connectivity index (χ0n) is 17.2. The summed E-state index contributed by atoms with van der Waals surface area (Å²) in [6.07, 6.45) is 1.23. The third-order valence-corrected chi connectivity index (χ3v) is 9.04. The Balaban J connectivity index is 1.42. The molecule has 2 saturated heterocycles. The van der Waals surface area contributed by atoms with E-state index in [1.807, 2.05) is 18.2 Å². The van der Waals surface area contributed by atoms with Crippen LogP contribution in [0.4, 0.5) is 5.69 Å². The van der Waals surface area contributed by atoms with Gasteiger partial charge in [-0.15, -0.1) is 11.3 Å². The minimum Gasteiger partial charge on any atom is -0.325 e. The fourth-order valence-corrected chi connectivity index (χ4v) is 6.83. The fourth-order valence-electron chi connectivity index (χ4n) is 4.05. The van der Waals surface area contributed by atoms with Crippen LogP contribution in [0.5, 0.6) is 0 Å². The maximum Gasteiger partial charge on any atom is 0.253 e. The molecule has 7 nitrogen and oxygen atoms in total. The zero-order chi connectivity index (χ0) is 21.1. The smallest absolute Gasteiger partial charge is 0.253 e. The molecule has 0 spiro atoms. The Morgan fingerprint density at radius 2 is 1.93 bits per heavy atom. The van der Waals surface area contributed by atoms with Gasteiger partial charge in [0.05, 0.1) is 0 Å². The van der Waals surface area contributed by atoms with Gasteiger partial charge in [0, 0.05) is 45.0 Å². The fraction of sp³-hybridized carbons (Fsp3) is 0.476. The Kier molecular flexibility index (Phi) is 6.54. The number of benzene rings is 1. The number of nitrogens with one attached hydrogen (secondary N) is 1. The van der Waals surface area contributed by atoms with Gasteiger partial charge in [0.1, 0.15) is 10.3 Å². The van der Waals surface area contributed by atoms with E-state index in [0.29, 0.717) is 25.1 Å². The second-order valence-corrected chi connectivity index (χ2v) is 11.0. The van der Waals surface area contributed by atoms with Crippen LogP contribution >= 0.6 is 11.3 Å². The van der Waals surface area contributed by atoms with E-state index in [9.17, 15) is 13.2 Å². The summed E-state index contributed by atoms with van der Waals surface area (Å²) in [6.45, 7) is 5.41. The van der Waals surface area contributed by atoms with Crippen LogP contribution in [0.3, 0.4) is 0 Å². The van der Waals surface area contributed by atoms with Crippen molar-refractivity contribution >= 4 is 33.0 Å². The minimum atomic E-state index is -3.63. The molecule has 1 atom stereocenters. The maximum atomic E-state index is 12.9. The predicted octanol–water partition coefficient (Wildman–Crippen LogP) is 2.29. The number of carbonyl (C=O) groups excluding carboxylic acids is 1. The van der Waals surface area contributed by atoms with Gasteiger partial charge in [-0.25, -0.2) is 8.42 Å². The Morgan fingerprint density at radius 1 is 1.13 bits per heavy atom. The second-order valence-electron chi connectivity index (χ2n) is 7.97. The van der Waals surface area contributed by atoms with Gasteiger partial charge >= 0.3 is 0 Å². The molecule has 1 unspecified atom stereocenters. The number of hydrogen-bond acceptors (Lipinski definition) is 6. The molecule has 30 heavy (non-hydrogen) atoms. The first kappa shape index (κ1) is 21.5. The van der Waals surface area contributed by atoms with Crippen molar-refractivity contribution in [3.63, 3.8) is 0 Å². The van der Waals surface area contributed by atoms with Gasteiger partial charge in [0.15, 0.2) is 0 Å². The van der Waals surface area contributed by atoms with Gasteiger partial charge in [0.25, 0.3) is 10.0 Å². The van der Waals surface area contributed by atoms with Crippen molar-refractivity contribution in [3.8, 4) is 0 Å². The Morgan fingerprint density at radius 3 is 2.67 bits per heavy atom. The van der Waals surface area contributed by atoms with E-state index < -0.39 is 16.1 Å². The van der Waals surface area contributed by atoms with Crippen LogP contribution in [-0.2, 0) is 21.4 Å². The zero-order valence-corrected chi connectivity index (χ0v) is 18.8. The number of thiophene rings is 1. The van der Waals surface area contributed by atoms with Gasteiger partial charge in [-0.1, -0.05) is 18.2 Å². The highest BCUT2D eigenvalue weighted by atomic mass is 32.2. The van der Waals surface area contributed by atoms with Crippen molar-refractivity contribution in [3.05, 3.63) is 47.3 Å². The number of sulfonamides is 1. The largest absolute Gasteiger partial charge is 0.325 e. The molecule has 2 aliphatic rings. The summed E-state index contributed by atoms with van der Waals surface area (Å²) < 4.78 is 27.5. The van der Waals surface area contributed by atoms with Gasteiger partial charge in [-0.05, 0) is 49.0 Å². The number of likely N-dealkylation sites (N-methyl/N-ethyl adjacent to an activating group) is 1. The molecule has 162 valence electrons. The van der Waals surface area contributed by atoms with E-state index >= 15 is 0 Å². The van der Waals surface area contributed by atoms with Gasteiger partial charge in [-0.2, -0.15) is 4.31 Å². The molecule has 1 aromatic carbocycles. The second kappa shape index (κ2) is 9.15. The SMILES string of the molecule is CN1CCN(Cc2cccc(NC(=O)C3CCCN3S(=O)(=O)c3cccs3)c2)CC1. The quantitative estimate of drug-likeness (QED) is 0.734. The van der Waals surface area contributed by atoms with Crippen LogP contribution in [0.2, 0.25) is 0 Å². The molecule has 9 heteroatoms. The highest BCUT2D eigenvalue weighted by Gasteiger charge is 2.39. The monoisotopic (exact) mass is 448 g/mol. The van der Waals surface area contributed by atoms with Crippen molar-refractivity contribution in [2.24, 2.45) is 0 Å². The van der Waals surface area contributed by atoms with Crippen molar-refractivity contribution in [1.29, 1.82) is 0 Å². The van der Waals surface area contributed by atoms with Crippen LogP contribution < -0.4 is 5.32 Å². The molecule has 2 fully saturated rings. The average molecular weight is 449 g/mol. The Hall–Kier alpha value is -1.78. The number of nitrogens with zero attached hydrogens (tertiary/aromatic N) is 3. The van der Waals surface area contributed by atoms with Crippen molar-refractivity contribution in [2.45, 2.75) is 29.6 Å². The molecule has 0 radical (unpaired) electrons. The molecule has 1 amide bonds. The molecular weight excluding hydrogens is 420 g/mol. The minimum absolute atomic E-state index is 0.260. The summed E-state index contributed by atoms with van der Waals surface area (Å²) in [4.78, 5) is 17.7. The van der Waals surface area contributed by atoms with Gasteiger partial charge in [-0.3, -0.25) is 9.69 Å². The first-order chi connectivity index (χ1) is 14.4. The van der Waals surface area contributed by atoms with E-state index in [4.69, 9.17) is 0 Å². The molecule has 1 N–H and O–H groups in total. The molecule has 4 rings (SSSR count). The number of amides is 1. The Labute approximate surface area is 182 Å². The van der Waals surface area contributed by atoms with Crippen molar-refractivity contribution in [1.82, 2.24) is 14.1 Å². The first-order valence-corrected chi connectivity index (χ1v) is 12.6. The van der Waals surface area contributed by atoms with E-state index in [1.165, 1.54) is 15.6 Å². The Bertz CT molecular complexity index is 970. The lowest BCUT2D eigenvalue weighted by Crippen LogP contribution is -2.44. The van der Waals surface area contributed by atoms with Crippen LogP contribution in [0.15, 0.2) is 46.0 Å². The topological polar surface area (TPSA) is 73.0 Å². The van der Waals surface area contributed by atoms with Crippen LogP contribution in [-0.4, -0.2) is 74.2 Å². The lowest BCUT2D eigenvalue weighted by atomic mass is 10.1. The summed E-state index contributed by atoms with van der Waals surface area (Å²) in [5.41, 5.74) is 1.86. The molecule has 0 aliphatic carbocycles. The summed E-state index contributed by atoms with van der Waals surface area (Å²) in [7, 11) is -1.50. The number of carbonyl (C=O) groups is 1. The van der Waals surface area contributed by atoms with Crippen LogP contribution in [0.25, 0.3) is 0 Å². The summed E-state index contributed by atoms with van der Waals surface area (Å²) >= 11 is 1.18. The van der Waals surface area contributed by atoms with Gasteiger partial charge < -0.3 is 10.2 Å². The first-order valence-electron chi connectivity index (χ1n) is 10.3. The number of rotatable bonds is 6. The molecule has 0 saturated carbocycles. The normalized spacial score (nSPS) is 21.7. The van der Waals surface area contributed by atoms with Crippen molar-refractivity contribution < 1.29 is 13.2 Å². The van der Waals surface area contributed by atoms with Crippen LogP contribution in [0.1, 0.15) is 18.4 Å². The number of hydrogen-bond donors (Lipinski definition) is 1.